The summed E-state index contributed by atoms with van der Waals surface area (Å²) in [5.41, 5.74) is 5.11. The first-order chi connectivity index (χ1) is 9.34. The van der Waals surface area contributed by atoms with Crippen molar-refractivity contribution < 1.29 is 13.2 Å². The predicted molar refractivity (Wildman–Crippen MR) is 79.4 cm³/mol. The van der Waals surface area contributed by atoms with Crippen LogP contribution in [0.4, 0.5) is 0 Å². The monoisotopic (exact) mass is 312 g/mol. The van der Waals surface area contributed by atoms with Crippen LogP contribution >= 0.6 is 11.3 Å². The maximum Gasteiger partial charge on any atom is 0.252 e. The quantitative estimate of drug-likeness (QED) is 0.772. The Hall–Kier alpha value is -1.36. The molecule has 20 heavy (non-hydrogen) atoms. The van der Waals surface area contributed by atoms with Crippen molar-refractivity contribution in [2.75, 3.05) is 18.1 Å². The summed E-state index contributed by atoms with van der Waals surface area (Å²) >= 11 is 1.37. The van der Waals surface area contributed by atoms with Crippen LogP contribution in [0.5, 0.6) is 0 Å². The molecule has 1 aromatic rings. The molecule has 1 aliphatic rings. The highest BCUT2D eigenvalue weighted by Crippen LogP contribution is 2.24. The molecular formula is C13H16N2O3S2. The number of hydrogen-bond donors (Lipinski definition) is 2. The Morgan fingerprint density at radius 3 is 2.95 bits per heavy atom. The zero-order valence-electron chi connectivity index (χ0n) is 11.1. The van der Waals surface area contributed by atoms with Gasteiger partial charge >= 0.3 is 0 Å². The van der Waals surface area contributed by atoms with Gasteiger partial charge in [0.25, 0.3) is 5.91 Å². The third kappa shape index (κ3) is 3.60. The predicted octanol–water partition coefficient (Wildman–Crippen LogP) is 0.365. The Labute approximate surface area is 122 Å². The van der Waals surface area contributed by atoms with Crippen molar-refractivity contribution in [2.45, 2.75) is 18.9 Å². The van der Waals surface area contributed by atoms with Crippen LogP contribution in [0.1, 0.15) is 28.6 Å². The van der Waals surface area contributed by atoms with Gasteiger partial charge in [-0.05, 0) is 19.4 Å². The van der Waals surface area contributed by atoms with Crippen molar-refractivity contribution >= 4 is 27.1 Å². The van der Waals surface area contributed by atoms with E-state index in [1.54, 1.807) is 18.4 Å². The lowest BCUT2D eigenvalue weighted by molar-refractivity contribution is 0.0916. The topological polar surface area (TPSA) is 89.3 Å². The molecule has 1 saturated heterocycles. The number of hydrogen-bond acceptors (Lipinski definition) is 5. The summed E-state index contributed by atoms with van der Waals surface area (Å²) in [4.78, 5) is 12.9. The molecule has 0 radical (unpaired) electrons. The molecule has 2 heterocycles. The van der Waals surface area contributed by atoms with Gasteiger partial charge in [-0.2, -0.15) is 0 Å². The van der Waals surface area contributed by atoms with Crippen LogP contribution in [0.15, 0.2) is 11.4 Å². The summed E-state index contributed by atoms with van der Waals surface area (Å²) in [6, 6.07) is 1.69. The Morgan fingerprint density at radius 2 is 2.35 bits per heavy atom. The smallest absolute Gasteiger partial charge is 0.252 e. The second kappa shape index (κ2) is 5.56. The average Bonchev–Trinajstić information content (AvgIpc) is 2.91. The molecule has 3 N–H and O–H groups in total. The van der Waals surface area contributed by atoms with E-state index in [0.717, 1.165) is 4.88 Å². The van der Waals surface area contributed by atoms with Crippen LogP contribution in [-0.2, 0) is 9.84 Å². The standard InChI is InChI=1S/C13H16N2O3S2/c1-13(4-6-20(17,18)9-13)15-12(16)10-7-11(19-8-10)3-2-5-14/h7-8H,4-6,9,14H2,1H3,(H,15,16). The Balaban J connectivity index is 2.07. The fourth-order valence-electron chi connectivity index (χ4n) is 2.11. The van der Waals surface area contributed by atoms with Crippen molar-refractivity contribution in [1.82, 2.24) is 5.32 Å². The van der Waals surface area contributed by atoms with Crippen molar-refractivity contribution in [1.29, 1.82) is 0 Å². The number of nitrogens with two attached hydrogens (primary N) is 1. The lowest BCUT2D eigenvalue weighted by Crippen LogP contribution is -2.46. The van der Waals surface area contributed by atoms with Gasteiger partial charge in [-0.15, -0.1) is 11.3 Å². The number of nitrogens with one attached hydrogen (secondary N) is 1. The molecule has 1 amide bonds. The van der Waals surface area contributed by atoms with Crippen LogP contribution in [0.2, 0.25) is 0 Å². The summed E-state index contributed by atoms with van der Waals surface area (Å²) in [5.74, 6) is 5.45. The molecule has 1 atom stereocenters. The summed E-state index contributed by atoms with van der Waals surface area (Å²) in [7, 11) is -3.04. The van der Waals surface area contributed by atoms with E-state index in [1.165, 1.54) is 11.3 Å². The third-order valence-corrected chi connectivity index (χ3v) is 5.84. The highest BCUT2D eigenvalue weighted by molar-refractivity contribution is 7.91. The molecule has 1 fully saturated rings. The summed E-state index contributed by atoms with van der Waals surface area (Å²) in [6.07, 6.45) is 0.449. The maximum absolute atomic E-state index is 12.1. The van der Waals surface area contributed by atoms with Crippen LogP contribution in [-0.4, -0.2) is 37.9 Å². The normalized spacial score (nSPS) is 23.9. The lowest BCUT2D eigenvalue weighted by atomic mass is 10.0. The maximum atomic E-state index is 12.1. The van der Waals surface area contributed by atoms with Crippen molar-refractivity contribution in [3.05, 3.63) is 21.9 Å². The second-order valence-corrected chi connectivity index (χ2v) is 8.16. The van der Waals surface area contributed by atoms with E-state index in [4.69, 9.17) is 5.73 Å². The van der Waals surface area contributed by atoms with Crippen molar-refractivity contribution in [2.24, 2.45) is 5.73 Å². The SMILES string of the molecule is CC1(NC(=O)c2csc(C#CCN)c2)CCS(=O)(=O)C1. The average molecular weight is 312 g/mol. The number of sulfone groups is 1. The number of carbonyl (C=O) groups is 1. The molecule has 0 aromatic carbocycles. The van der Waals surface area contributed by atoms with E-state index in [2.05, 4.69) is 17.2 Å². The zero-order chi connectivity index (χ0) is 14.8. The fraction of sp³-hybridized carbons (Fsp3) is 0.462. The molecule has 1 aromatic heterocycles. The Morgan fingerprint density at radius 1 is 1.60 bits per heavy atom. The first-order valence-corrected chi connectivity index (χ1v) is 8.84. The van der Waals surface area contributed by atoms with Gasteiger partial charge in [-0.1, -0.05) is 11.8 Å². The van der Waals surface area contributed by atoms with Gasteiger partial charge in [0.2, 0.25) is 0 Å². The Bertz CT molecular complexity index is 682. The minimum Gasteiger partial charge on any atom is -0.346 e. The molecule has 1 aliphatic heterocycles. The van der Waals surface area contributed by atoms with Crippen LogP contribution in [0, 0.1) is 11.8 Å². The molecule has 7 heteroatoms. The summed E-state index contributed by atoms with van der Waals surface area (Å²) in [5, 5.41) is 4.52. The molecule has 0 spiro atoms. The summed E-state index contributed by atoms with van der Waals surface area (Å²) in [6.45, 7) is 2.03. The number of amides is 1. The fourth-order valence-corrected chi connectivity index (χ4v) is 4.96. The van der Waals surface area contributed by atoms with Gasteiger partial charge in [0, 0.05) is 5.38 Å². The van der Waals surface area contributed by atoms with E-state index >= 15 is 0 Å². The lowest BCUT2D eigenvalue weighted by Gasteiger charge is -2.23. The largest absolute Gasteiger partial charge is 0.346 e. The van der Waals surface area contributed by atoms with E-state index in [-0.39, 0.29) is 24.0 Å². The minimum atomic E-state index is -3.04. The molecule has 0 saturated carbocycles. The van der Waals surface area contributed by atoms with Crippen LogP contribution in [0.25, 0.3) is 0 Å². The van der Waals surface area contributed by atoms with Crippen molar-refractivity contribution in [3.63, 3.8) is 0 Å². The summed E-state index contributed by atoms with van der Waals surface area (Å²) < 4.78 is 23.0. The van der Waals surface area contributed by atoms with E-state index < -0.39 is 15.4 Å². The number of thiophene rings is 1. The third-order valence-electron chi connectivity index (χ3n) is 3.09. The van der Waals surface area contributed by atoms with Gasteiger partial charge in [-0.25, -0.2) is 8.42 Å². The molecule has 5 nitrogen and oxygen atoms in total. The second-order valence-electron chi connectivity index (χ2n) is 5.06. The highest BCUT2D eigenvalue weighted by atomic mass is 32.2. The zero-order valence-corrected chi connectivity index (χ0v) is 12.7. The first kappa shape index (κ1) is 15.0. The van der Waals surface area contributed by atoms with Gasteiger partial charge in [-0.3, -0.25) is 4.79 Å². The Kier molecular flexibility index (Phi) is 4.18. The van der Waals surface area contributed by atoms with E-state index in [0.29, 0.717) is 12.0 Å². The number of rotatable bonds is 2. The van der Waals surface area contributed by atoms with Crippen LogP contribution < -0.4 is 11.1 Å². The molecule has 1 unspecified atom stereocenters. The van der Waals surface area contributed by atoms with E-state index in [1.807, 2.05) is 0 Å². The molecular weight excluding hydrogens is 296 g/mol. The molecule has 0 bridgehead atoms. The van der Waals surface area contributed by atoms with Gasteiger partial charge in [0.1, 0.15) is 0 Å². The minimum absolute atomic E-state index is 0.00425. The van der Waals surface area contributed by atoms with Gasteiger partial charge in [0.15, 0.2) is 9.84 Å². The van der Waals surface area contributed by atoms with Gasteiger partial charge < -0.3 is 11.1 Å². The van der Waals surface area contributed by atoms with Gasteiger partial charge in [0.05, 0.1) is 34.0 Å². The first-order valence-electron chi connectivity index (χ1n) is 6.14. The molecule has 2 rings (SSSR count). The van der Waals surface area contributed by atoms with Crippen molar-refractivity contribution in [3.8, 4) is 11.8 Å². The highest BCUT2D eigenvalue weighted by Gasteiger charge is 2.39. The number of carbonyl (C=O) groups excluding carboxylic acids is 1. The van der Waals surface area contributed by atoms with E-state index in [9.17, 15) is 13.2 Å². The van der Waals surface area contributed by atoms with Crippen LogP contribution in [0.3, 0.4) is 0 Å². The molecule has 108 valence electrons. The molecule has 0 aliphatic carbocycles.